The third-order valence-corrected chi connectivity index (χ3v) is 3.89. The van der Waals surface area contributed by atoms with Gasteiger partial charge in [-0.3, -0.25) is 0 Å². The molecule has 0 spiro atoms. The predicted octanol–water partition coefficient (Wildman–Crippen LogP) is 2.80. The van der Waals surface area contributed by atoms with E-state index in [0.29, 0.717) is 38.5 Å². The molecule has 3 heterocycles. The molecule has 7 nitrogen and oxygen atoms in total. The Morgan fingerprint density at radius 2 is 1.77 bits per heavy atom. The predicted molar refractivity (Wildman–Crippen MR) is 105 cm³/mol. The number of fused-ring (bicyclic) bond motifs is 2. The summed E-state index contributed by atoms with van der Waals surface area (Å²) in [6, 6.07) is 3.93. The van der Waals surface area contributed by atoms with Gasteiger partial charge in [-0.2, -0.15) is 0 Å². The van der Waals surface area contributed by atoms with Gasteiger partial charge in [0.1, 0.15) is 25.3 Å². The molecule has 2 aromatic heterocycles. The number of rotatable bonds is 5. The zero-order chi connectivity index (χ0) is 15.6. The van der Waals surface area contributed by atoms with Gasteiger partial charge in [0.15, 0.2) is 17.4 Å². The lowest BCUT2D eigenvalue weighted by Crippen LogP contribution is -2.15. The van der Waals surface area contributed by atoms with Gasteiger partial charge in [0, 0.05) is 31.5 Å². The Morgan fingerprint density at radius 3 is 2.42 bits per heavy atom. The molecule has 0 saturated heterocycles. The molecule has 1 aliphatic rings. The second-order valence-corrected chi connectivity index (χ2v) is 5.38. The van der Waals surface area contributed by atoms with Crippen molar-refractivity contribution >= 4 is 48.3 Å². The molecule has 0 amide bonds. The normalized spacial score (nSPS) is 12.0. The van der Waals surface area contributed by atoms with Gasteiger partial charge in [-0.1, -0.05) is 0 Å². The quantitative estimate of drug-likeness (QED) is 0.679. The highest BCUT2D eigenvalue weighted by Crippen LogP contribution is 2.34. The van der Waals surface area contributed by atoms with Crippen LogP contribution in [0.2, 0.25) is 0 Å². The summed E-state index contributed by atoms with van der Waals surface area (Å²) in [7, 11) is 0. The van der Waals surface area contributed by atoms with Crippen LogP contribution in [0.3, 0.4) is 0 Å². The lowest BCUT2D eigenvalue weighted by Gasteiger charge is -2.18. The fraction of sp³-hybridized carbons (Fsp3) is 0.375. The summed E-state index contributed by atoms with van der Waals surface area (Å²) in [5.74, 6) is 3.18. The van der Waals surface area contributed by atoms with Crippen molar-refractivity contribution in [3.63, 3.8) is 0 Å². The topological polar surface area (TPSA) is 88.3 Å². The van der Waals surface area contributed by atoms with Crippen LogP contribution < -0.4 is 15.2 Å². The van der Waals surface area contributed by atoms with Crippen molar-refractivity contribution < 1.29 is 13.9 Å². The molecule has 0 bridgehead atoms. The van der Waals surface area contributed by atoms with Gasteiger partial charge < -0.3 is 24.2 Å². The van der Waals surface area contributed by atoms with Gasteiger partial charge in [-0.15, -0.1) is 37.2 Å². The Hall–Kier alpha value is -1.67. The molecule has 4 rings (SSSR count). The maximum Gasteiger partial charge on any atom is 0.195 e. The van der Waals surface area contributed by atoms with Crippen LogP contribution in [-0.2, 0) is 19.4 Å². The summed E-state index contributed by atoms with van der Waals surface area (Å²) in [4.78, 5) is 8.88. The van der Waals surface area contributed by atoms with Crippen molar-refractivity contribution in [2.45, 2.75) is 19.4 Å². The zero-order valence-corrected chi connectivity index (χ0v) is 16.4. The second kappa shape index (κ2) is 9.87. The van der Waals surface area contributed by atoms with Crippen LogP contribution in [0.25, 0.3) is 11.0 Å². The molecule has 0 aliphatic carbocycles. The first-order valence-corrected chi connectivity index (χ1v) is 7.72. The van der Waals surface area contributed by atoms with Crippen LogP contribution in [0.15, 0.2) is 29.0 Å². The third kappa shape index (κ3) is 4.35. The number of halogens is 3. The van der Waals surface area contributed by atoms with Crippen molar-refractivity contribution in [1.82, 2.24) is 14.5 Å². The van der Waals surface area contributed by atoms with E-state index >= 15 is 0 Å². The number of benzene rings is 1. The maximum absolute atomic E-state index is 5.73. The molecular formula is C16H21Cl3N4O3. The molecule has 10 heteroatoms. The molecule has 2 N–H and O–H groups in total. The van der Waals surface area contributed by atoms with Crippen molar-refractivity contribution in [3.05, 3.63) is 36.3 Å². The highest BCUT2D eigenvalue weighted by Gasteiger charge is 2.18. The number of hydrogen-bond donors (Lipinski definition) is 1. The Kier molecular flexibility index (Phi) is 8.49. The first-order chi connectivity index (χ1) is 11.3. The van der Waals surface area contributed by atoms with Gasteiger partial charge in [-0.05, 0) is 6.54 Å². The SMILES string of the molecule is Cl.Cl.Cl.NCCc1nc2cc3c(cc2n1CCc1ncco1)OCCO3. The number of nitrogens with two attached hydrogens (primary N) is 1. The van der Waals surface area contributed by atoms with Crippen LogP contribution in [0, 0.1) is 0 Å². The minimum absolute atomic E-state index is 0. The van der Waals surface area contributed by atoms with E-state index in [1.54, 1.807) is 12.5 Å². The van der Waals surface area contributed by atoms with Gasteiger partial charge in [0.05, 0.1) is 17.2 Å². The molecule has 0 fully saturated rings. The summed E-state index contributed by atoms with van der Waals surface area (Å²) in [6.07, 6.45) is 4.66. The van der Waals surface area contributed by atoms with E-state index in [9.17, 15) is 0 Å². The first kappa shape index (κ1) is 22.4. The lowest BCUT2D eigenvalue weighted by molar-refractivity contribution is 0.172. The Bertz CT molecular complexity index is 824. The molecule has 0 unspecified atom stereocenters. The average Bonchev–Trinajstić information content (AvgIpc) is 3.19. The van der Waals surface area contributed by atoms with Crippen LogP contribution in [-0.4, -0.2) is 34.3 Å². The van der Waals surface area contributed by atoms with Crippen LogP contribution in [0.4, 0.5) is 0 Å². The van der Waals surface area contributed by atoms with Crippen molar-refractivity contribution in [1.29, 1.82) is 0 Å². The standard InChI is InChI=1S/C16H18N4O3.3ClH/c17-3-1-15-19-11-9-13-14(22-8-7-21-13)10-12(11)20(15)5-2-16-18-4-6-23-16;;;/h4,6,9-10H,1-3,5,7-8,17H2;3*1H. The minimum atomic E-state index is 0. The van der Waals surface area contributed by atoms with E-state index in [-0.39, 0.29) is 37.2 Å². The van der Waals surface area contributed by atoms with Gasteiger partial charge in [-0.25, -0.2) is 9.97 Å². The van der Waals surface area contributed by atoms with E-state index < -0.39 is 0 Å². The van der Waals surface area contributed by atoms with Gasteiger partial charge in [0.2, 0.25) is 0 Å². The summed E-state index contributed by atoms with van der Waals surface area (Å²) in [6.45, 7) is 2.42. The van der Waals surface area contributed by atoms with Crippen LogP contribution in [0.1, 0.15) is 11.7 Å². The number of imidazole rings is 1. The highest BCUT2D eigenvalue weighted by molar-refractivity contribution is 5.86. The number of aryl methyl sites for hydroxylation is 2. The smallest absolute Gasteiger partial charge is 0.195 e. The molecule has 3 aromatic rings. The largest absolute Gasteiger partial charge is 0.486 e. The van der Waals surface area contributed by atoms with Crippen LogP contribution >= 0.6 is 37.2 Å². The van der Waals surface area contributed by atoms with E-state index in [1.807, 2.05) is 12.1 Å². The van der Waals surface area contributed by atoms with E-state index in [4.69, 9.17) is 24.6 Å². The monoisotopic (exact) mass is 422 g/mol. The Labute approximate surface area is 169 Å². The second-order valence-electron chi connectivity index (χ2n) is 5.38. The molecule has 26 heavy (non-hydrogen) atoms. The first-order valence-electron chi connectivity index (χ1n) is 7.72. The molecule has 0 saturated carbocycles. The number of hydrogen-bond acceptors (Lipinski definition) is 6. The minimum Gasteiger partial charge on any atom is -0.486 e. The third-order valence-electron chi connectivity index (χ3n) is 3.89. The van der Waals surface area contributed by atoms with Crippen molar-refractivity contribution in [2.24, 2.45) is 5.73 Å². The van der Waals surface area contributed by atoms with E-state index in [2.05, 4.69) is 9.55 Å². The summed E-state index contributed by atoms with van der Waals surface area (Å²) >= 11 is 0. The lowest BCUT2D eigenvalue weighted by atomic mass is 10.2. The number of nitrogens with zero attached hydrogens (tertiary/aromatic N) is 3. The Balaban J connectivity index is 0.00000113. The molecule has 1 aromatic carbocycles. The van der Waals surface area contributed by atoms with Crippen LogP contribution in [0.5, 0.6) is 11.5 Å². The summed E-state index contributed by atoms with van der Waals surface area (Å²) < 4.78 is 18.8. The number of aromatic nitrogens is 3. The van der Waals surface area contributed by atoms with E-state index in [0.717, 1.165) is 34.9 Å². The number of ether oxygens (including phenoxy) is 2. The van der Waals surface area contributed by atoms with E-state index in [1.165, 1.54) is 0 Å². The zero-order valence-electron chi connectivity index (χ0n) is 13.9. The van der Waals surface area contributed by atoms with Crippen molar-refractivity contribution in [3.8, 4) is 11.5 Å². The fourth-order valence-electron chi connectivity index (χ4n) is 2.86. The molecule has 1 aliphatic heterocycles. The van der Waals surface area contributed by atoms with Gasteiger partial charge >= 0.3 is 0 Å². The number of oxazole rings is 1. The Morgan fingerprint density at radius 1 is 1.04 bits per heavy atom. The highest BCUT2D eigenvalue weighted by atomic mass is 35.5. The van der Waals surface area contributed by atoms with Gasteiger partial charge in [0.25, 0.3) is 0 Å². The summed E-state index contributed by atoms with van der Waals surface area (Å²) in [5, 5.41) is 0. The van der Waals surface area contributed by atoms with Crippen molar-refractivity contribution in [2.75, 3.05) is 19.8 Å². The molecule has 144 valence electrons. The molecular weight excluding hydrogens is 403 g/mol. The molecule has 0 radical (unpaired) electrons. The fourth-order valence-corrected chi connectivity index (χ4v) is 2.86. The molecule has 0 atom stereocenters. The average molecular weight is 424 g/mol. The maximum atomic E-state index is 5.73. The summed E-state index contributed by atoms with van der Waals surface area (Å²) in [5.41, 5.74) is 7.64.